The molecule has 0 spiro atoms. The number of nitrogens with zero attached hydrogens (tertiary/aromatic N) is 1. The summed E-state index contributed by atoms with van der Waals surface area (Å²) in [5.74, 6) is 0.657. The standard InChI is InChI=1S/C17H21NO2/c19-16-10-4-8-14(16)15-9-5-11-18(15)17(20)12-13-6-2-1-3-7-13/h1-3,6-7,14-15H,4-5,8-12H2. The lowest BCUT2D eigenvalue weighted by atomic mass is 9.95. The molecule has 3 heteroatoms. The molecule has 1 aliphatic heterocycles. The molecule has 2 fully saturated rings. The highest BCUT2D eigenvalue weighted by Crippen LogP contribution is 2.33. The van der Waals surface area contributed by atoms with Crippen LogP contribution in [0.25, 0.3) is 0 Å². The van der Waals surface area contributed by atoms with Gasteiger partial charge in [0.05, 0.1) is 6.42 Å². The molecule has 106 valence electrons. The van der Waals surface area contributed by atoms with Gasteiger partial charge in [0.2, 0.25) is 5.91 Å². The summed E-state index contributed by atoms with van der Waals surface area (Å²) < 4.78 is 0. The Morgan fingerprint density at radius 1 is 1.15 bits per heavy atom. The zero-order valence-electron chi connectivity index (χ0n) is 11.8. The number of likely N-dealkylation sites (tertiary alicyclic amines) is 1. The van der Waals surface area contributed by atoms with E-state index in [4.69, 9.17) is 0 Å². The van der Waals surface area contributed by atoms with E-state index in [9.17, 15) is 9.59 Å². The summed E-state index contributed by atoms with van der Waals surface area (Å²) in [5.41, 5.74) is 1.06. The predicted octanol–water partition coefficient (Wildman–Crippen LogP) is 2.59. The van der Waals surface area contributed by atoms with Crippen molar-refractivity contribution in [1.29, 1.82) is 0 Å². The second kappa shape index (κ2) is 5.78. The molecule has 1 heterocycles. The number of benzene rings is 1. The number of carbonyl (C=O) groups excluding carboxylic acids is 2. The Morgan fingerprint density at radius 2 is 1.95 bits per heavy atom. The van der Waals surface area contributed by atoms with Gasteiger partial charge in [-0.3, -0.25) is 9.59 Å². The van der Waals surface area contributed by atoms with Crippen LogP contribution in [-0.4, -0.2) is 29.2 Å². The fraction of sp³-hybridized carbons (Fsp3) is 0.529. The van der Waals surface area contributed by atoms with Crippen LogP contribution in [0.4, 0.5) is 0 Å². The maximum atomic E-state index is 12.5. The van der Waals surface area contributed by atoms with Crippen LogP contribution in [0.5, 0.6) is 0 Å². The maximum Gasteiger partial charge on any atom is 0.227 e. The molecule has 20 heavy (non-hydrogen) atoms. The molecule has 0 N–H and O–H groups in total. The van der Waals surface area contributed by atoms with Gasteiger partial charge < -0.3 is 4.90 Å². The lowest BCUT2D eigenvalue weighted by Gasteiger charge is -2.28. The van der Waals surface area contributed by atoms with Crippen LogP contribution in [0.2, 0.25) is 0 Å². The molecule has 1 aromatic carbocycles. The molecule has 2 unspecified atom stereocenters. The molecule has 1 aromatic rings. The van der Waals surface area contributed by atoms with Gasteiger partial charge in [-0.25, -0.2) is 0 Å². The molecular weight excluding hydrogens is 250 g/mol. The average molecular weight is 271 g/mol. The van der Waals surface area contributed by atoms with Crippen LogP contribution >= 0.6 is 0 Å². The minimum absolute atomic E-state index is 0.109. The zero-order valence-corrected chi connectivity index (χ0v) is 11.8. The smallest absolute Gasteiger partial charge is 0.227 e. The van der Waals surface area contributed by atoms with Crippen molar-refractivity contribution in [2.75, 3.05) is 6.54 Å². The summed E-state index contributed by atoms with van der Waals surface area (Å²) in [5, 5.41) is 0. The first kappa shape index (κ1) is 13.3. The van der Waals surface area contributed by atoms with E-state index in [1.807, 2.05) is 35.2 Å². The summed E-state index contributed by atoms with van der Waals surface area (Å²) in [6.45, 7) is 0.820. The van der Waals surface area contributed by atoms with Crippen molar-refractivity contribution in [3.63, 3.8) is 0 Å². The summed E-state index contributed by atoms with van der Waals surface area (Å²) in [7, 11) is 0. The first-order valence-electron chi connectivity index (χ1n) is 7.62. The topological polar surface area (TPSA) is 37.4 Å². The molecule has 1 saturated heterocycles. The third-order valence-electron chi connectivity index (χ3n) is 4.63. The predicted molar refractivity (Wildman–Crippen MR) is 77.2 cm³/mol. The molecule has 0 bridgehead atoms. The van der Waals surface area contributed by atoms with E-state index in [1.54, 1.807) is 0 Å². The number of rotatable bonds is 3. The molecule has 2 atom stereocenters. The lowest BCUT2D eigenvalue weighted by molar-refractivity contribution is -0.133. The molecule has 0 radical (unpaired) electrons. The van der Waals surface area contributed by atoms with Gasteiger partial charge in [-0.1, -0.05) is 30.3 Å². The Balaban J connectivity index is 1.69. The zero-order chi connectivity index (χ0) is 13.9. The molecule has 1 saturated carbocycles. The van der Waals surface area contributed by atoms with Crippen molar-refractivity contribution in [1.82, 2.24) is 4.90 Å². The van der Waals surface area contributed by atoms with E-state index in [0.29, 0.717) is 18.6 Å². The van der Waals surface area contributed by atoms with E-state index in [2.05, 4.69) is 0 Å². The Hall–Kier alpha value is -1.64. The SMILES string of the molecule is O=C1CCCC1C1CCCN1C(=O)Cc1ccccc1. The third kappa shape index (κ3) is 2.62. The number of hydrogen-bond acceptors (Lipinski definition) is 2. The van der Waals surface area contributed by atoms with Gasteiger partial charge in [0.15, 0.2) is 0 Å². The lowest BCUT2D eigenvalue weighted by Crippen LogP contribution is -2.42. The number of ketones is 1. The van der Waals surface area contributed by atoms with Crippen LogP contribution in [0.3, 0.4) is 0 Å². The average Bonchev–Trinajstić information content (AvgIpc) is 3.07. The van der Waals surface area contributed by atoms with Crippen LogP contribution in [0.15, 0.2) is 30.3 Å². The molecule has 3 nitrogen and oxygen atoms in total. The van der Waals surface area contributed by atoms with E-state index < -0.39 is 0 Å². The van der Waals surface area contributed by atoms with Crippen molar-refractivity contribution < 1.29 is 9.59 Å². The third-order valence-corrected chi connectivity index (χ3v) is 4.63. The summed E-state index contributed by atoms with van der Waals surface area (Å²) in [6, 6.07) is 10.0. The van der Waals surface area contributed by atoms with Crippen molar-refractivity contribution in [3.8, 4) is 0 Å². The highest BCUT2D eigenvalue weighted by atomic mass is 16.2. The first-order valence-corrected chi connectivity index (χ1v) is 7.62. The van der Waals surface area contributed by atoms with E-state index in [0.717, 1.165) is 37.8 Å². The maximum absolute atomic E-state index is 12.5. The quantitative estimate of drug-likeness (QED) is 0.847. The number of hydrogen-bond donors (Lipinski definition) is 0. The molecule has 1 amide bonds. The van der Waals surface area contributed by atoms with Crippen LogP contribution in [0.1, 0.15) is 37.7 Å². The molecule has 0 aromatic heterocycles. The van der Waals surface area contributed by atoms with Crippen LogP contribution in [-0.2, 0) is 16.0 Å². The van der Waals surface area contributed by atoms with Crippen LogP contribution < -0.4 is 0 Å². The normalized spacial score (nSPS) is 26.2. The monoisotopic (exact) mass is 271 g/mol. The van der Waals surface area contributed by atoms with Crippen molar-refractivity contribution in [2.45, 2.75) is 44.6 Å². The largest absolute Gasteiger partial charge is 0.339 e. The Bertz CT molecular complexity index is 497. The van der Waals surface area contributed by atoms with E-state index >= 15 is 0 Å². The first-order chi connectivity index (χ1) is 9.75. The van der Waals surface area contributed by atoms with Crippen molar-refractivity contribution >= 4 is 11.7 Å². The minimum Gasteiger partial charge on any atom is -0.339 e. The second-order valence-electron chi connectivity index (χ2n) is 5.92. The van der Waals surface area contributed by atoms with Gasteiger partial charge in [-0.05, 0) is 31.2 Å². The Labute approximate surface area is 120 Å². The summed E-state index contributed by atoms with van der Waals surface area (Å²) in [4.78, 5) is 26.4. The number of carbonyl (C=O) groups is 2. The number of Topliss-reactive ketones (excluding diaryl/α,β-unsaturated/α-hetero) is 1. The van der Waals surface area contributed by atoms with E-state index in [1.165, 1.54) is 0 Å². The second-order valence-corrected chi connectivity index (χ2v) is 5.92. The van der Waals surface area contributed by atoms with E-state index in [-0.39, 0.29) is 17.9 Å². The summed E-state index contributed by atoms with van der Waals surface area (Å²) >= 11 is 0. The molecular formula is C17H21NO2. The molecule has 3 rings (SSSR count). The fourth-order valence-corrected chi connectivity index (χ4v) is 3.64. The Morgan fingerprint density at radius 3 is 2.65 bits per heavy atom. The van der Waals surface area contributed by atoms with Gasteiger partial charge >= 0.3 is 0 Å². The van der Waals surface area contributed by atoms with Gasteiger partial charge in [0, 0.05) is 24.9 Å². The highest BCUT2D eigenvalue weighted by Gasteiger charge is 2.39. The van der Waals surface area contributed by atoms with Crippen molar-refractivity contribution in [2.24, 2.45) is 5.92 Å². The Kier molecular flexibility index (Phi) is 3.86. The minimum atomic E-state index is 0.109. The molecule has 2 aliphatic rings. The molecule has 1 aliphatic carbocycles. The summed E-state index contributed by atoms with van der Waals surface area (Å²) in [6.07, 6.45) is 5.17. The van der Waals surface area contributed by atoms with Crippen molar-refractivity contribution in [3.05, 3.63) is 35.9 Å². The van der Waals surface area contributed by atoms with Crippen LogP contribution in [0, 0.1) is 5.92 Å². The van der Waals surface area contributed by atoms with Gasteiger partial charge in [0.25, 0.3) is 0 Å². The van der Waals surface area contributed by atoms with Gasteiger partial charge in [-0.2, -0.15) is 0 Å². The van der Waals surface area contributed by atoms with Gasteiger partial charge in [-0.15, -0.1) is 0 Å². The fourth-order valence-electron chi connectivity index (χ4n) is 3.64. The highest BCUT2D eigenvalue weighted by molar-refractivity contribution is 5.85. The van der Waals surface area contributed by atoms with Gasteiger partial charge in [0.1, 0.15) is 5.78 Å². The number of amides is 1.